The molecule has 0 spiro atoms. The highest BCUT2D eigenvalue weighted by Crippen LogP contribution is 2.37. The number of esters is 1. The lowest BCUT2D eigenvalue weighted by Crippen LogP contribution is -2.29. The van der Waals surface area contributed by atoms with E-state index in [-0.39, 0.29) is 18.8 Å². The van der Waals surface area contributed by atoms with E-state index < -0.39 is 11.6 Å². The van der Waals surface area contributed by atoms with Crippen LogP contribution >= 0.6 is 0 Å². The topological polar surface area (TPSA) is 79.7 Å². The molecular weight excluding hydrogens is 330 g/mol. The Hall–Kier alpha value is -3.18. The van der Waals surface area contributed by atoms with Crippen molar-refractivity contribution in [1.29, 1.82) is 0 Å². The van der Waals surface area contributed by atoms with Gasteiger partial charge < -0.3 is 14.9 Å². The lowest BCUT2D eigenvalue weighted by atomic mass is 9.84. The molecule has 5 nitrogen and oxygen atoms in total. The number of carbonyl (C=O) groups excluding carboxylic acids is 1. The molecule has 1 heterocycles. The van der Waals surface area contributed by atoms with E-state index in [4.69, 9.17) is 4.74 Å². The number of ether oxygens (including phenoxy) is 1. The monoisotopic (exact) mass is 349 g/mol. The van der Waals surface area contributed by atoms with Crippen LogP contribution < -0.4 is 0 Å². The molecule has 2 N–H and O–H groups in total. The summed E-state index contributed by atoms with van der Waals surface area (Å²) in [5, 5.41) is 21.5. The van der Waals surface area contributed by atoms with E-state index in [1.54, 1.807) is 54.6 Å². The van der Waals surface area contributed by atoms with Crippen molar-refractivity contribution in [2.24, 2.45) is 0 Å². The Morgan fingerprint density at radius 1 is 1.00 bits per heavy atom. The number of aromatic nitrogens is 1. The highest BCUT2D eigenvalue weighted by atomic mass is 16.5. The molecule has 26 heavy (non-hydrogen) atoms. The molecule has 0 aliphatic rings. The fourth-order valence-electron chi connectivity index (χ4n) is 2.83. The second-order valence-electron chi connectivity index (χ2n) is 5.87. The van der Waals surface area contributed by atoms with Crippen LogP contribution in [0.3, 0.4) is 0 Å². The summed E-state index contributed by atoms with van der Waals surface area (Å²) in [6, 6.07) is 19.2. The molecule has 0 fully saturated rings. The van der Waals surface area contributed by atoms with Crippen LogP contribution in [-0.2, 0) is 10.3 Å². The van der Waals surface area contributed by atoms with Crippen molar-refractivity contribution in [3.05, 3.63) is 95.8 Å². The normalized spacial score (nSPS) is 13.0. The van der Waals surface area contributed by atoms with Crippen molar-refractivity contribution in [2.45, 2.75) is 12.0 Å². The van der Waals surface area contributed by atoms with Gasteiger partial charge in [-0.05, 0) is 23.8 Å². The molecule has 0 aliphatic heterocycles. The van der Waals surface area contributed by atoms with Gasteiger partial charge in [0.05, 0.1) is 18.4 Å². The third-order valence-corrected chi connectivity index (χ3v) is 4.20. The van der Waals surface area contributed by atoms with Gasteiger partial charge in [0.1, 0.15) is 11.4 Å². The molecule has 2 aromatic carbocycles. The minimum Gasteiger partial charge on any atom is -0.506 e. The number of pyridine rings is 1. The fourth-order valence-corrected chi connectivity index (χ4v) is 2.83. The van der Waals surface area contributed by atoms with Crippen LogP contribution in [0, 0.1) is 0 Å². The molecule has 0 saturated carbocycles. The highest BCUT2D eigenvalue weighted by molar-refractivity contribution is 5.89. The molecule has 0 radical (unpaired) electrons. The van der Waals surface area contributed by atoms with Crippen LogP contribution in [0.1, 0.15) is 27.9 Å². The van der Waals surface area contributed by atoms with Crippen molar-refractivity contribution < 1.29 is 19.7 Å². The average molecular weight is 349 g/mol. The molecule has 5 heteroatoms. The lowest BCUT2D eigenvalue weighted by Gasteiger charge is -2.29. The zero-order chi connectivity index (χ0) is 18.4. The zero-order valence-corrected chi connectivity index (χ0v) is 14.1. The van der Waals surface area contributed by atoms with Gasteiger partial charge in [0.2, 0.25) is 0 Å². The van der Waals surface area contributed by atoms with E-state index in [0.29, 0.717) is 16.7 Å². The molecule has 3 aromatic rings. The molecule has 132 valence electrons. The fraction of sp³-hybridized carbons (Fsp3) is 0.143. The third-order valence-electron chi connectivity index (χ3n) is 4.20. The van der Waals surface area contributed by atoms with E-state index in [1.165, 1.54) is 12.4 Å². The van der Waals surface area contributed by atoms with Gasteiger partial charge in [-0.15, -0.1) is 0 Å². The van der Waals surface area contributed by atoms with Crippen molar-refractivity contribution in [1.82, 2.24) is 4.98 Å². The molecular formula is C21H19NO4. The van der Waals surface area contributed by atoms with Crippen LogP contribution in [0.15, 0.2) is 79.1 Å². The maximum absolute atomic E-state index is 12.1. The molecule has 1 atom stereocenters. The third kappa shape index (κ3) is 3.73. The van der Waals surface area contributed by atoms with Gasteiger partial charge in [0.25, 0.3) is 0 Å². The van der Waals surface area contributed by atoms with Crippen molar-refractivity contribution in [3.8, 4) is 5.75 Å². The highest BCUT2D eigenvalue weighted by Gasteiger charge is 2.34. The first-order valence-corrected chi connectivity index (χ1v) is 8.25. The minimum atomic E-state index is -1.51. The standard InChI is InChI=1S/C21H19NO4/c23-19-15-22-13-11-18(19)21(25,17-9-5-2-6-10-17)12-14-26-20(24)16-7-3-1-4-8-16/h1-11,13,15,23,25H,12,14H2. The number of aliphatic hydroxyl groups is 1. The van der Waals surface area contributed by atoms with Crippen molar-refractivity contribution in [2.75, 3.05) is 6.61 Å². The second kappa shape index (κ2) is 7.80. The summed E-state index contributed by atoms with van der Waals surface area (Å²) >= 11 is 0. The lowest BCUT2D eigenvalue weighted by molar-refractivity contribution is 0.0228. The van der Waals surface area contributed by atoms with Gasteiger partial charge in [-0.3, -0.25) is 4.98 Å². The number of benzene rings is 2. The molecule has 3 rings (SSSR count). The minimum absolute atomic E-state index is 0.0130. The summed E-state index contributed by atoms with van der Waals surface area (Å²) in [7, 11) is 0. The maximum atomic E-state index is 12.1. The number of aromatic hydroxyl groups is 1. The van der Waals surface area contributed by atoms with Gasteiger partial charge in [0.15, 0.2) is 0 Å². The van der Waals surface area contributed by atoms with Gasteiger partial charge in [0, 0.05) is 18.2 Å². The van der Waals surface area contributed by atoms with Crippen LogP contribution in [0.2, 0.25) is 0 Å². The van der Waals surface area contributed by atoms with Crippen LogP contribution in [0.4, 0.5) is 0 Å². The largest absolute Gasteiger partial charge is 0.506 e. The molecule has 0 saturated heterocycles. The number of hydrogen-bond acceptors (Lipinski definition) is 5. The molecule has 0 bridgehead atoms. The Morgan fingerprint density at radius 3 is 2.31 bits per heavy atom. The SMILES string of the molecule is O=C(OCCC(O)(c1ccccc1)c1ccncc1O)c1ccccc1. The maximum Gasteiger partial charge on any atom is 0.338 e. The average Bonchev–Trinajstić information content (AvgIpc) is 2.69. The van der Waals surface area contributed by atoms with Crippen molar-refractivity contribution in [3.63, 3.8) is 0 Å². The summed E-state index contributed by atoms with van der Waals surface area (Å²) in [6.07, 6.45) is 2.87. The predicted molar refractivity (Wildman–Crippen MR) is 96.7 cm³/mol. The van der Waals surface area contributed by atoms with Crippen LogP contribution in [-0.4, -0.2) is 27.8 Å². The Bertz CT molecular complexity index is 867. The summed E-state index contributed by atoms with van der Waals surface area (Å²) in [6.45, 7) is -0.0130. The molecule has 0 aliphatic carbocycles. The van der Waals surface area contributed by atoms with E-state index in [0.717, 1.165) is 0 Å². The Balaban J connectivity index is 1.81. The van der Waals surface area contributed by atoms with Crippen LogP contribution in [0.5, 0.6) is 5.75 Å². The summed E-state index contributed by atoms with van der Waals surface area (Å²) < 4.78 is 5.31. The zero-order valence-electron chi connectivity index (χ0n) is 14.1. The number of hydrogen-bond donors (Lipinski definition) is 2. The first kappa shape index (κ1) is 17.6. The van der Waals surface area contributed by atoms with Gasteiger partial charge in [-0.1, -0.05) is 48.5 Å². The predicted octanol–water partition coefficient (Wildman–Crippen LogP) is 3.27. The van der Waals surface area contributed by atoms with Crippen LogP contribution in [0.25, 0.3) is 0 Å². The van der Waals surface area contributed by atoms with E-state index in [9.17, 15) is 15.0 Å². The Kier molecular flexibility index (Phi) is 5.29. The van der Waals surface area contributed by atoms with Gasteiger partial charge in [-0.25, -0.2) is 4.79 Å². The van der Waals surface area contributed by atoms with E-state index in [1.807, 2.05) is 12.1 Å². The smallest absolute Gasteiger partial charge is 0.338 e. The van der Waals surface area contributed by atoms with Gasteiger partial charge >= 0.3 is 5.97 Å². The first-order chi connectivity index (χ1) is 12.6. The molecule has 1 aromatic heterocycles. The van der Waals surface area contributed by atoms with Crippen molar-refractivity contribution >= 4 is 5.97 Å². The summed E-state index contributed by atoms with van der Waals surface area (Å²) in [5.74, 6) is -0.576. The van der Waals surface area contributed by atoms with E-state index >= 15 is 0 Å². The first-order valence-electron chi connectivity index (χ1n) is 8.25. The van der Waals surface area contributed by atoms with E-state index in [2.05, 4.69) is 4.98 Å². The Labute approximate surface area is 151 Å². The van der Waals surface area contributed by atoms with Gasteiger partial charge in [-0.2, -0.15) is 0 Å². The molecule has 0 amide bonds. The quantitative estimate of drug-likeness (QED) is 0.668. The Morgan fingerprint density at radius 2 is 1.65 bits per heavy atom. The second-order valence-corrected chi connectivity index (χ2v) is 5.87. The number of rotatable bonds is 6. The summed E-state index contributed by atoms with van der Waals surface area (Å²) in [5.41, 5.74) is -0.153. The molecule has 1 unspecified atom stereocenters. The number of carbonyl (C=O) groups is 1. The number of nitrogens with zero attached hydrogens (tertiary/aromatic N) is 1. The summed E-state index contributed by atoms with van der Waals surface area (Å²) in [4.78, 5) is 16.0.